The monoisotopic (exact) mass is 394 g/mol. The molecule has 0 saturated carbocycles. The van der Waals surface area contributed by atoms with Gasteiger partial charge in [0.2, 0.25) is 0 Å². The fraction of sp³-hybridized carbons (Fsp3) is 0.250. The van der Waals surface area contributed by atoms with Crippen LogP contribution < -0.4 is 4.87 Å². The van der Waals surface area contributed by atoms with Crippen LogP contribution in [0.15, 0.2) is 52.8 Å². The molecule has 5 nitrogen and oxygen atoms in total. The summed E-state index contributed by atoms with van der Waals surface area (Å²) in [6.07, 6.45) is 2.41. The summed E-state index contributed by atoms with van der Waals surface area (Å²) in [6, 6.07) is 15.5. The van der Waals surface area contributed by atoms with Crippen molar-refractivity contribution in [2.75, 3.05) is 6.54 Å². The molecule has 0 radical (unpaired) electrons. The quantitative estimate of drug-likeness (QED) is 0.556. The lowest BCUT2D eigenvalue weighted by Crippen LogP contribution is -2.22. The van der Waals surface area contributed by atoms with Gasteiger partial charge in [-0.15, -0.1) is 11.3 Å². The van der Waals surface area contributed by atoms with Crippen LogP contribution in [0.5, 0.6) is 0 Å². The molecular formula is C20H18N4OS2. The van der Waals surface area contributed by atoms with Crippen molar-refractivity contribution in [2.24, 2.45) is 0 Å². The fourth-order valence-electron chi connectivity index (χ4n) is 3.82. The molecule has 0 amide bonds. The van der Waals surface area contributed by atoms with Gasteiger partial charge >= 0.3 is 4.87 Å². The third kappa shape index (κ3) is 3.34. The predicted molar refractivity (Wildman–Crippen MR) is 110 cm³/mol. The van der Waals surface area contributed by atoms with Crippen molar-refractivity contribution in [3.63, 3.8) is 0 Å². The molecule has 1 unspecified atom stereocenters. The van der Waals surface area contributed by atoms with Gasteiger partial charge in [-0.1, -0.05) is 41.7 Å². The van der Waals surface area contributed by atoms with E-state index in [-0.39, 0.29) is 4.87 Å². The number of aromatic amines is 1. The molecule has 2 aromatic heterocycles. The van der Waals surface area contributed by atoms with Crippen LogP contribution in [0, 0.1) is 0 Å². The summed E-state index contributed by atoms with van der Waals surface area (Å²) in [4.78, 5) is 18.2. The van der Waals surface area contributed by atoms with E-state index in [0.717, 1.165) is 40.5 Å². The molecule has 5 rings (SSSR count). The van der Waals surface area contributed by atoms with Gasteiger partial charge in [-0.3, -0.25) is 9.69 Å². The average Bonchev–Trinajstić information content (AvgIpc) is 3.42. The Bertz CT molecular complexity index is 1130. The van der Waals surface area contributed by atoms with Gasteiger partial charge in [-0.2, -0.15) is 5.10 Å². The SMILES string of the molecule is O=c1[nH]nc(-c2ccc(CN3CCCC3c3ccc4scnc4c3)cc2)s1. The van der Waals surface area contributed by atoms with Crippen LogP contribution >= 0.6 is 22.7 Å². The lowest BCUT2D eigenvalue weighted by molar-refractivity contribution is 0.248. The largest absolute Gasteiger partial charge is 0.322 e. The Morgan fingerprint density at radius 1 is 1.19 bits per heavy atom. The van der Waals surface area contributed by atoms with Crippen molar-refractivity contribution < 1.29 is 0 Å². The first kappa shape index (κ1) is 16.8. The predicted octanol–water partition coefficient (Wildman–Crippen LogP) is 4.45. The van der Waals surface area contributed by atoms with E-state index in [1.807, 2.05) is 17.6 Å². The molecule has 1 aliphatic rings. The number of rotatable bonds is 4. The lowest BCUT2D eigenvalue weighted by atomic mass is 10.0. The van der Waals surface area contributed by atoms with Crippen molar-refractivity contribution in [3.8, 4) is 10.6 Å². The van der Waals surface area contributed by atoms with Crippen LogP contribution in [-0.4, -0.2) is 26.6 Å². The highest BCUT2D eigenvalue weighted by Crippen LogP contribution is 2.35. The van der Waals surface area contributed by atoms with E-state index in [0.29, 0.717) is 6.04 Å². The number of hydrogen-bond acceptors (Lipinski definition) is 6. The summed E-state index contributed by atoms with van der Waals surface area (Å²) in [7, 11) is 0. The van der Waals surface area contributed by atoms with Crippen molar-refractivity contribution in [1.82, 2.24) is 20.1 Å². The van der Waals surface area contributed by atoms with E-state index in [4.69, 9.17) is 0 Å². The highest BCUT2D eigenvalue weighted by molar-refractivity contribution is 7.16. The number of H-pyrrole nitrogens is 1. The van der Waals surface area contributed by atoms with Gasteiger partial charge in [-0.25, -0.2) is 10.1 Å². The molecule has 2 aromatic carbocycles. The Balaban J connectivity index is 1.35. The molecular weight excluding hydrogens is 376 g/mol. The summed E-state index contributed by atoms with van der Waals surface area (Å²) >= 11 is 2.83. The van der Waals surface area contributed by atoms with Gasteiger partial charge in [-0.05, 0) is 42.6 Å². The van der Waals surface area contributed by atoms with Crippen LogP contribution in [0.3, 0.4) is 0 Å². The Hall–Kier alpha value is -2.35. The molecule has 3 heterocycles. The zero-order chi connectivity index (χ0) is 18.2. The molecule has 0 spiro atoms. The summed E-state index contributed by atoms with van der Waals surface area (Å²) < 4.78 is 1.25. The molecule has 0 aliphatic carbocycles. The van der Waals surface area contributed by atoms with Crippen molar-refractivity contribution >= 4 is 32.9 Å². The van der Waals surface area contributed by atoms with E-state index in [2.05, 4.69) is 50.4 Å². The van der Waals surface area contributed by atoms with Gasteiger partial charge in [0.05, 0.1) is 15.7 Å². The minimum Gasteiger partial charge on any atom is -0.292 e. The second-order valence-electron chi connectivity index (χ2n) is 6.82. The van der Waals surface area contributed by atoms with Crippen LogP contribution in [0.25, 0.3) is 20.8 Å². The minimum atomic E-state index is -0.119. The van der Waals surface area contributed by atoms with Gasteiger partial charge in [0.15, 0.2) is 0 Å². The summed E-state index contributed by atoms with van der Waals surface area (Å²) in [5, 5.41) is 7.27. The molecule has 1 N–H and O–H groups in total. The Kier molecular flexibility index (Phi) is 4.35. The first-order valence-electron chi connectivity index (χ1n) is 8.98. The zero-order valence-corrected chi connectivity index (χ0v) is 16.2. The topological polar surface area (TPSA) is 61.9 Å². The third-order valence-electron chi connectivity index (χ3n) is 5.13. The number of nitrogens with one attached hydrogen (secondary N) is 1. The van der Waals surface area contributed by atoms with E-state index in [9.17, 15) is 4.79 Å². The zero-order valence-electron chi connectivity index (χ0n) is 14.6. The van der Waals surface area contributed by atoms with Gasteiger partial charge in [0.25, 0.3) is 0 Å². The second-order valence-corrected chi connectivity index (χ2v) is 8.67. The average molecular weight is 395 g/mol. The Morgan fingerprint density at radius 2 is 2.07 bits per heavy atom. The van der Waals surface area contributed by atoms with E-state index in [1.54, 1.807) is 11.3 Å². The van der Waals surface area contributed by atoms with Gasteiger partial charge in [0.1, 0.15) is 5.01 Å². The molecule has 1 atom stereocenters. The number of thiazole rings is 1. The number of likely N-dealkylation sites (tertiary alicyclic amines) is 1. The fourth-order valence-corrected chi connectivity index (χ4v) is 5.09. The maximum Gasteiger partial charge on any atom is 0.322 e. The lowest BCUT2D eigenvalue weighted by Gasteiger charge is -2.25. The highest BCUT2D eigenvalue weighted by Gasteiger charge is 2.26. The highest BCUT2D eigenvalue weighted by atomic mass is 32.1. The maximum absolute atomic E-state index is 11.3. The van der Waals surface area contributed by atoms with Crippen LogP contribution in [0.2, 0.25) is 0 Å². The number of aromatic nitrogens is 3. The number of nitrogens with zero attached hydrogens (tertiary/aromatic N) is 3. The number of hydrogen-bond donors (Lipinski definition) is 1. The Morgan fingerprint density at radius 3 is 2.89 bits per heavy atom. The van der Waals surface area contributed by atoms with Crippen LogP contribution in [0.4, 0.5) is 0 Å². The first-order chi connectivity index (χ1) is 13.3. The molecule has 1 saturated heterocycles. The molecule has 4 aromatic rings. The smallest absolute Gasteiger partial charge is 0.292 e. The molecule has 1 fully saturated rings. The van der Waals surface area contributed by atoms with Crippen molar-refractivity contribution in [1.29, 1.82) is 0 Å². The molecule has 1 aliphatic heterocycles. The normalized spacial score (nSPS) is 17.7. The van der Waals surface area contributed by atoms with Gasteiger partial charge < -0.3 is 0 Å². The van der Waals surface area contributed by atoms with Crippen molar-refractivity contribution in [3.05, 3.63) is 68.8 Å². The maximum atomic E-state index is 11.3. The third-order valence-corrected chi connectivity index (χ3v) is 6.73. The van der Waals surface area contributed by atoms with Crippen LogP contribution in [-0.2, 0) is 6.54 Å². The first-order valence-corrected chi connectivity index (χ1v) is 10.7. The number of fused-ring (bicyclic) bond motifs is 1. The summed E-state index contributed by atoms with van der Waals surface area (Å²) in [5.74, 6) is 0. The van der Waals surface area contributed by atoms with E-state index < -0.39 is 0 Å². The van der Waals surface area contributed by atoms with Crippen molar-refractivity contribution in [2.45, 2.75) is 25.4 Å². The van der Waals surface area contributed by atoms with Crippen LogP contribution in [0.1, 0.15) is 30.0 Å². The molecule has 27 heavy (non-hydrogen) atoms. The van der Waals surface area contributed by atoms with E-state index in [1.165, 1.54) is 28.7 Å². The molecule has 0 bridgehead atoms. The molecule has 136 valence electrons. The Labute approximate surface area is 164 Å². The minimum absolute atomic E-state index is 0.119. The van der Waals surface area contributed by atoms with Gasteiger partial charge in [0, 0.05) is 18.2 Å². The second kappa shape index (κ2) is 6.99. The standard InChI is InChI=1S/C20H18N4OS2/c25-20-23-22-19(27-20)14-5-3-13(4-6-14)11-24-9-1-2-17(24)15-7-8-18-16(10-15)21-12-26-18/h3-8,10,12,17H,1-2,9,11H2,(H,23,25). The summed E-state index contributed by atoms with van der Waals surface area (Å²) in [6.45, 7) is 2.04. The number of benzene rings is 2. The molecule has 7 heteroatoms. The van der Waals surface area contributed by atoms with E-state index >= 15 is 0 Å². The summed E-state index contributed by atoms with van der Waals surface area (Å²) in [5.41, 5.74) is 6.64.